The zero-order valence-electron chi connectivity index (χ0n) is 23.9. The van der Waals surface area contributed by atoms with Crippen molar-refractivity contribution >= 4 is 50.7 Å². The van der Waals surface area contributed by atoms with Crippen molar-refractivity contribution in [2.24, 2.45) is 0 Å². The fraction of sp³-hybridized carbons (Fsp3) is 0.355. The monoisotopic (exact) mass is 669 g/mol. The van der Waals surface area contributed by atoms with Crippen molar-refractivity contribution in [3.63, 3.8) is 0 Å². The van der Waals surface area contributed by atoms with Crippen LogP contribution in [0, 0.1) is 0 Å². The summed E-state index contributed by atoms with van der Waals surface area (Å²) in [5.74, 6) is -1.20. The molecular formula is C31H32Cl2F3N3O4S. The fourth-order valence-electron chi connectivity index (χ4n) is 5.23. The van der Waals surface area contributed by atoms with Gasteiger partial charge in [0.2, 0.25) is 11.8 Å². The third-order valence-corrected chi connectivity index (χ3v) is 10.0. The Hall–Kier alpha value is -3.28. The van der Waals surface area contributed by atoms with Gasteiger partial charge in [0, 0.05) is 17.6 Å². The van der Waals surface area contributed by atoms with E-state index in [-0.39, 0.29) is 23.9 Å². The Labute approximate surface area is 265 Å². The summed E-state index contributed by atoms with van der Waals surface area (Å²) in [6, 6.07) is 15.4. The zero-order valence-corrected chi connectivity index (χ0v) is 26.2. The quantitative estimate of drug-likeness (QED) is 0.237. The topological polar surface area (TPSA) is 86.8 Å². The van der Waals surface area contributed by atoms with Gasteiger partial charge in [-0.05, 0) is 61.2 Å². The van der Waals surface area contributed by atoms with Gasteiger partial charge < -0.3 is 10.2 Å². The molecule has 1 saturated carbocycles. The number of nitrogens with zero attached hydrogens (tertiary/aromatic N) is 2. The molecule has 1 atom stereocenters. The molecule has 0 unspecified atom stereocenters. The lowest BCUT2D eigenvalue weighted by Gasteiger charge is -2.34. The van der Waals surface area contributed by atoms with E-state index in [1.54, 1.807) is 37.3 Å². The Kier molecular flexibility index (Phi) is 10.9. The highest BCUT2D eigenvalue weighted by atomic mass is 35.5. The molecule has 1 aliphatic carbocycles. The van der Waals surface area contributed by atoms with Crippen LogP contribution in [0.5, 0.6) is 0 Å². The zero-order chi connectivity index (χ0) is 32.1. The number of hydrogen-bond donors (Lipinski definition) is 1. The van der Waals surface area contributed by atoms with Crippen LogP contribution >= 0.6 is 23.2 Å². The molecule has 3 aromatic rings. The van der Waals surface area contributed by atoms with Gasteiger partial charge in [0.15, 0.2) is 0 Å². The minimum atomic E-state index is -4.89. The molecule has 0 heterocycles. The van der Waals surface area contributed by atoms with Crippen molar-refractivity contribution in [2.75, 3.05) is 10.8 Å². The highest BCUT2D eigenvalue weighted by Gasteiger charge is 2.37. The van der Waals surface area contributed by atoms with E-state index in [2.05, 4.69) is 5.32 Å². The SMILES string of the molecule is CC[C@H](C(=O)NC1CCCC1)N(Cc1ccccc1Cl)C(=O)CN(c1ccc(Cl)c(C(F)(F)F)c1)S(=O)(=O)c1ccccc1. The number of rotatable bonds is 11. The predicted molar refractivity (Wildman–Crippen MR) is 164 cm³/mol. The molecule has 4 rings (SSSR count). The van der Waals surface area contributed by atoms with E-state index in [1.807, 2.05) is 0 Å². The average Bonchev–Trinajstić information content (AvgIpc) is 3.50. The number of sulfonamides is 1. The van der Waals surface area contributed by atoms with Crippen LogP contribution in [0.4, 0.5) is 18.9 Å². The summed E-state index contributed by atoms with van der Waals surface area (Å²) in [4.78, 5) is 28.7. The van der Waals surface area contributed by atoms with Gasteiger partial charge in [-0.1, -0.05) is 79.4 Å². The third-order valence-electron chi connectivity index (χ3n) is 7.54. The van der Waals surface area contributed by atoms with Gasteiger partial charge in [0.1, 0.15) is 12.6 Å². The lowest BCUT2D eigenvalue weighted by molar-refractivity contribution is -0.140. The molecular weight excluding hydrogens is 638 g/mol. The number of anilines is 1. The molecule has 0 aliphatic heterocycles. The molecule has 0 bridgehead atoms. The van der Waals surface area contributed by atoms with Crippen LogP contribution in [0.2, 0.25) is 10.0 Å². The first kappa shape index (κ1) is 33.6. The highest BCUT2D eigenvalue weighted by molar-refractivity contribution is 7.92. The van der Waals surface area contributed by atoms with Crippen LogP contribution in [0.15, 0.2) is 77.7 Å². The number of amides is 2. The van der Waals surface area contributed by atoms with E-state index in [0.717, 1.165) is 37.8 Å². The van der Waals surface area contributed by atoms with E-state index in [1.165, 1.54) is 29.2 Å². The van der Waals surface area contributed by atoms with Crippen molar-refractivity contribution in [2.45, 2.75) is 68.7 Å². The maximum atomic E-state index is 14.2. The Balaban J connectivity index is 1.78. The lowest BCUT2D eigenvalue weighted by Crippen LogP contribution is -2.53. The Morgan fingerprint density at radius 2 is 1.59 bits per heavy atom. The van der Waals surface area contributed by atoms with Crippen molar-refractivity contribution in [1.29, 1.82) is 0 Å². The summed E-state index contributed by atoms with van der Waals surface area (Å²) in [6.07, 6.45) is -1.14. The van der Waals surface area contributed by atoms with Gasteiger partial charge in [0.25, 0.3) is 10.0 Å². The summed E-state index contributed by atoms with van der Waals surface area (Å²) in [5, 5.41) is 2.71. The Bertz CT molecular complexity index is 1580. The average molecular weight is 671 g/mol. The molecule has 44 heavy (non-hydrogen) atoms. The second-order valence-corrected chi connectivity index (χ2v) is 13.2. The molecule has 0 aromatic heterocycles. The third kappa shape index (κ3) is 7.86. The van der Waals surface area contributed by atoms with Crippen molar-refractivity contribution in [1.82, 2.24) is 10.2 Å². The number of halogens is 5. The minimum absolute atomic E-state index is 0.0429. The number of benzene rings is 3. The van der Waals surface area contributed by atoms with E-state index in [0.29, 0.717) is 21.0 Å². The molecule has 7 nitrogen and oxygen atoms in total. The normalized spacial score (nSPS) is 14.7. The fourth-order valence-corrected chi connectivity index (χ4v) is 7.08. The van der Waals surface area contributed by atoms with Gasteiger partial charge >= 0.3 is 6.18 Å². The number of carbonyl (C=O) groups excluding carboxylic acids is 2. The van der Waals surface area contributed by atoms with Crippen molar-refractivity contribution in [3.05, 3.63) is 94.0 Å². The molecule has 0 saturated heterocycles. The first-order chi connectivity index (χ1) is 20.8. The van der Waals surface area contributed by atoms with Gasteiger partial charge in [-0.2, -0.15) is 13.2 Å². The molecule has 0 spiro atoms. The van der Waals surface area contributed by atoms with Gasteiger partial charge in [0.05, 0.1) is 21.2 Å². The molecule has 2 amide bonds. The number of carbonyl (C=O) groups is 2. The molecule has 236 valence electrons. The first-order valence-corrected chi connectivity index (χ1v) is 16.3. The number of hydrogen-bond acceptors (Lipinski definition) is 4. The van der Waals surface area contributed by atoms with Crippen LogP contribution in [-0.2, 0) is 32.3 Å². The largest absolute Gasteiger partial charge is 0.417 e. The number of alkyl halides is 3. The molecule has 3 aromatic carbocycles. The van der Waals surface area contributed by atoms with Gasteiger partial charge in [-0.15, -0.1) is 0 Å². The second kappa shape index (κ2) is 14.2. The van der Waals surface area contributed by atoms with Crippen molar-refractivity contribution < 1.29 is 31.2 Å². The maximum Gasteiger partial charge on any atom is 0.417 e. The van der Waals surface area contributed by atoms with Crippen LogP contribution in [0.3, 0.4) is 0 Å². The minimum Gasteiger partial charge on any atom is -0.352 e. The first-order valence-electron chi connectivity index (χ1n) is 14.1. The van der Waals surface area contributed by atoms with E-state index in [4.69, 9.17) is 23.2 Å². The number of nitrogens with one attached hydrogen (secondary N) is 1. The lowest BCUT2D eigenvalue weighted by atomic mass is 10.1. The summed E-state index contributed by atoms with van der Waals surface area (Å²) >= 11 is 12.2. The van der Waals surface area contributed by atoms with Gasteiger partial charge in [-0.25, -0.2) is 8.42 Å². The smallest absolute Gasteiger partial charge is 0.352 e. The second-order valence-electron chi connectivity index (χ2n) is 10.5. The highest BCUT2D eigenvalue weighted by Crippen LogP contribution is 2.38. The standard InChI is InChI=1S/C31H32Cl2F3N3O4S/c1-2-28(30(41)37-22-11-7-8-12-22)38(19-21-10-6-9-15-26(21)32)29(40)20-39(44(42,43)24-13-4-3-5-14-24)23-16-17-27(33)25(18-23)31(34,35)36/h3-6,9-10,13-18,22,28H,2,7-8,11-12,19-20H2,1H3,(H,37,41)/t28-/m1/s1. The molecule has 1 fully saturated rings. The summed E-state index contributed by atoms with van der Waals surface area (Å²) < 4.78 is 69.8. The van der Waals surface area contributed by atoms with E-state index < -0.39 is 56.9 Å². The van der Waals surface area contributed by atoms with E-state index in [9.17, 15) is 31.2 Å². The summed E-state index contributed by atoms with van der Waals surface area (Å²) in [6.45, 7) is 0.690. The summed E-state index contributed by atoms with van der Waals surface area (Å²) in [7, 11) is -4.56. The Morgan fingerprint density at radius 3 is 2.20 bits per heavy atom. The molecule has 1 aliphatic rings. The van der Waals surface area contributed by atoms with Crippen LogP contribution < -0.4 is 9.62 Å². The van der Waals surface area contributed by atoms with Gasteiger partial charge in [-0.3, -0.25) is 13.9 Å². The van der Waals surface area contributed by atoms with Crippen LogP contribution in [0.1, 0.15) is 50.2 Å². The Morgan fingerprint density at radius 1 is 0.955 bits per heavy atom. The van der Waals surface area contributed by atoms with Crippen LogP contribution in [-0.4, -0.2) is 43.8 Å². The molecule has 0 radical (unpaired) electrons. The van der Waals surface area contributed by atoms with Crippen molar-refractivity contribution in [3.8, 4) is 0 Å². The predicted octanol–water partition coefficient (Wildman–Crippen LogP) is 7.07. The summed E-state index contributed by atoms with van der Waals surface area (Å²) in [5.41, 5.74) is -1.16. The van der Waals surface area contributed by atoms with Crippen LogP contribution in [0.25, 0.3) is 0 Å². The molecule has 13 heteroatoms. The molecule has 1 N–H and O–H groups in total. The maximum absolute atomic E-state index is 14.2. The van der Waals surface area contributed by atoms with E-state index >= 15 is 0 Å².